The Morgan fingerprint density at radius 3 is 2.69 bits per heavy atom. The Morgan fingerprint density at radius 1 is 1.19 bits per heavy atom. The number of hydrogen-bond donors (Lipinski definition) is 2. The number of nitrogens with zero attached hydrogens (tertiary/aromatic N) is 2. The molecule has 0 bridgehead atoms. The normalized spacial score (nSPS) is 10.1. The molecule has 3 N–H and O–H groups in total. The van der Waals surface area contributed by atoms with E-state index in [1.54, 1.807) is 24.3 Å². The van der Waals surface area contributed by atoms with Crippen LogP contribution in [0.1, 0.15) is 5.56 Å². The third-order valence-corrected chi connectivity index (χ3v) is 2.07. The van der Waals surface area contributed by atoms with E-state index in [9.17, 15) is 4.39 Å². The molecule has 0 unspecified atom stereocenters. The molecular weight excluding hydrogens is 207 g/mol. The smallest absolute Gasteiger partial charge is 0.153 e. The Hall–Kier alpha value is -2.17. The van der Waals surface area contributed by atoms with Crippen LogP contribution < -0.4 is 11.1 Å². The highest BCUT2D eigenvalue weighted by Gasteiger charge is 2.03. The zero-order valence-electron chi connectivity index (χ0n) is 8.74. The first-order valence-electron chi connectivity index (χ1n) is 4.77. The number of nitrogen functional groups attached to an aromatic ring is 1. The summed E-state index contributed by atoms with van der Waals surface area (Å²) in [4.78, 5) is 0. The summed E-state index contributed by atoms with van der Waals surface area (Å²) in [6.07, 6.45) is 0. The fourth-order valence-electron chi connectivity index (χ4n) is 1.28. The average molecular weight is 218 g/mol. The molecule has 0 spiro atoms. The van der Waals surface area contributed by atoms with Crippen LogP contribution in [0.4, 0.5) is 21.7 Å². The van der Waals surface area contributed by atoms with Crippen LogP contribution in [0.15, 0.2) is 30.3 Å². The van der Waals surface area contributed by atoms with Crippen molar-refractivity contribution in [3.8, 4) is 0 Å². The highest BCUT2D eigenvalue weighted by Crippen LogP contribution is 2.19. The van der Waals surface area contributed by atoms with E-state index in [0.717, 1.165) is 5.56 Å². The highest BCUT2D eigenvalue weighted by molar-refractivity contribution is 5.57. The number of halogens is 1. The van der Waals surface area contributed by atoms with Crippen LogP contribution >= 0.6 is 0 Å². The summed E-state index contributed by atoms with van der Waals surface area (Å²) in [7, 11) is 0. The van der Waals surface area contributed by atoms with Crippen LogP contribution in [0.2, 0.25) is 0 Å². The predicted octanol–water partition coefficient (Wildman–Crippen LogP) is 2.25. The standard InChI is InChI=1S/C11H11FN4/c1-7-2-3-8(12)9(6-7)14-11-5-4-10(13)15-16-11/h2-6H,1H3,(H2,13,15)(H,14,16). The van der Waals surface area contributed by atoms with Crippen molar-refractivity contribution in [3.63, 3.8) is 0 Å². The van der Waals surface area contributed by atoms with Gasteiger partial charge in [0.25, 0.3) is 0 Å². The van der Waals surface area contributed by atoms with Crippen molar-refractivity contribution in [2.45, 2.75) is 6.92 Å². The van der Waals surface area contributed by atoms with Crippen LogP contribution in [0.3, 0.4) is 0 Å². The summed E-state index contributed by atoms with van der Waals surface area (Å²) >= 11 is 0. The van der Waals surface area contributed by atoms with Crippen molar-refractivity contribution in [3.05, 3.63) is 41.7 Å². The lowest BCUT2D eigenvalue weighted by Gasteiger charge is -2.06. The van der Waals surface area contributed by atoms with Crippen molar-refractivity contribution < 1.29 is 4.39 Å². The second kappa shape index (κ2) is 4.14. The van der Waals surface area contributed by atoms with Gasteiger partial charge in [0.2, 0.25) is 0 Å². The van der Waals surface area contributed by atoms with Gasteiger partial charge in [-0.3, -0.25) is 0 Å². The first-order valence-corrected chi connectivity index (χ1v) is 4.77. The molecular formula is C11H11FN4. The molecule has 0 saturated carbocycles. The average Bonchev–Trinajstić information content (AvgIpc) is 2.27. The summed E-state index contributed by atoms with van der Waals surface area (Å²) in [6.45, 7) is 1.89. The van der Waals surface area contributed by atoms with Crippen LogP contribution in [0, 0.1) is 12.7 Å². The van der Waals surface area contributed by atoms with Crippen molar-refractivity contribution in [1.82, 2.24) is 10.2 Å². The minimum absolute atomic E-state index is 0.329. The van der Waals surface area contributed by atoms with Gasteiger partial charge in [0, 0.05) is 0 Å². The first kappa shape index (κ1) is 10.4. The number of benzene rings is 1. The van der Waals surface area contributed by atoms with Gasteiger partial charge in [0.05, 0.1) is 5.69 Å². The fourth-order valence-corrected chi connectivity index (χ4v) is 1.28. The lowest BCUT2D eigenvalue weighted by Crippen LogP contribution is -1.99. The molecule has 0 saturated heterocycles. The molecule has 0 amide bonds. The third kappa shape index (κ3) is 2.25. The summed E-state index contributed by atoms with van der Waals surface area (Å²) < 4.78 is 13.4. The SMILES string of the molecule is Cc1ccc(F)c(Nc2ccc(N)nn2)c1. The molecule has 4 nitrogen and oxygen atoms in total. The molecule has 16 heavy (non-hydrogen) atoms. The van der Waals surface area contributed by atoms with Crippen molar-refractivity contribution >= 4 is 17.3 Å². The second-order valence-electron chi connectivity index (χ2n) is 3.45. The summed E-state index contributed by atoms with van der Waals surface area (Å²) in [5.41, 5.74) is 6.74. The van der Waals surface area contributed by atoms with Crippen molar-refractivity contribution in [2.75, 3.05) is 11.1 Å². The van der Waals surface area contributed by atoms with Crippen LogP contribution in [0.5, 0.6) is 0 Å². The number of anilines is 3. The summed E-state index contributed by atoms with van der Waals surface area (Å²) in [5, 5.41) is 10.3. The molecule has 82 valence electrons. The molecule has 1 heterocycles. The number of aromatic nitrogens is 2. The molecule has 1 aromatic carbocycles. The van der Waals surface area contributed by atoms with E-state index in [1.807, 2.05) is 6.92 Å². The van der Waals surface area contributed by atoms with Gasteiger partial charge in [-0.2, -0.15) is 0 Å². The van der Waals surface area contributed by atoms with Gasteiger partial charge in [-0.15, -0.1) is 10.2 Å². The van der Waals surface area contributed by atoms with Gasteiger partial charge in [0.15, 0.2) is 5.82 Å². The maximum absolute atomic E-state index is 13.4. The van der Waals surface area contributed by atoms with E-state index in [1.165, 1.54) is 6.07 Å². The van der Waals surface area contributed by atoms with Gasteiger partial charge in [-0.05, 0) is 36.8 Å². The summed E-state index contributed by atoms with van der Waals surface area (Å²) in [5.74, 6) is 0.457. The largest absolute Gasteiger partial charge is 0.382 e. The first-order chi connectivity index (χ1) is 7.65. The van der Waals surface area contributed by atoms with Gasteiger partial charge < -0.3 is 11.1 Å². The molecule has 2 aromatic rings. The monoisotopic (exact) mass is 218 g/mol. The lowest BCUT2D eigenvalue weighted by atomic mass is 10.2. The van der Waals surface area contributed by atoms with E-state index >= 15 is 0 Å². The summed E-state index contributed by atoms with van der Waals surface area (Å²) in [6, 6.07) is 8.05. The van der Waals surface area contributed by atoms with E-state index in [2.05, 4.69) is 15.5 Å². The quantitative estimate of drug-likeness (QED) is 0.811. The molecule has 0 radical (unpaired) electrons. The van der Waals surface area contributed by atoms with E-state index < -0.39 is 0 Å². The third-order valence-electron chi connectivity index (χ3n) is 2.07. The number of aryl methyl sites for hydroxylation is 1. The number of hydrogen-bond acceptors (Lipinski definition) is 4. The molecule has 0 atom stereocenters. The molecule has 5 heteroatoms. The zero-order valence-corrected chi connectivity index (χ0v) is 8.74. The fraction of sp³-hybridized carbons (Fsp3) is 0.0909. The predicted molar refractivity (Wildman–Crippen MR) is 60.9 cm³/mol. The Kier molecular flexibility index (Phi) is 2.68. The number of nitrogens with two attached hydrogens (primary N) is 1. The van der Waals surface area contributed by atoms with Gasteiger partial charge in [0.1, 0.15) is 11.6 Å². The van der Waals surface area contributed by atoms with Crippen LogP contribution in [-0.4, -0.2) is 10.2 Å². The molecule has 1 aromatic heterocycles. The molecule has 2 rings (SSSR count). The maximum Gasteiger partial charge on any atom is 0.153 e. The van der Waals surface area contributed by atoms with Crippen LogP contribution in [-0.2, 0) is 0 Å². The van der Waals surface area contributed by atoms with Gasteiger partial charge >= 0.3 is 0 Å². The lowest BCUT2D eigenvalue weighted by molar-refractivity contribution is 0.631. The topological polar surface area (TPSA) is 63.8 Å². The van der Waals surface area contributed by atoms with Gasteiger partial charge in [-0.25, -0.2) is 4.39 Å². The minimum Gasteiger partial charge on any atom is -0.382 e. The Balaban J connectivity index is 2.26. The van der Waals surface area contributed by atoms with Crippen LogP contribution in [0.25, 0.3) is 0 Å². The van der Waals surface area contributed by atoms with E-state index in [4.69, 9.17) is 5.73 Å². The van der Waals surface area contributed by atoms with Gasteiger partial charge in [-0.1, -0.05) is 6.07 Å². The number of rotatable bonds is 2. The Labute approximate surface area is 92.3 Å². The maximum atomic E-state index is 13.4. The minimum atomic E-state index is -0.329. The highest BCUT2D eigenvalue weighted by atomic mass is 19.1. The molecule has 0 fully saturated rings. The zero-order chi connectivity index (χ0) is 11.5. The second-order valence-corrected chi connectivity index (χ2v) is 3.45. The molecule has 0 aliphatic rings. The Bertz CT molecular complexity index is 496. The van der Waals surface area contributed by atoms with Crippen molar-refractivity contribution in [2.24, 2.45) is 0 Å². The molecule has 0 aliphatic carbocycles. The number of nitrogens with one attached hydrogen (secondary N) is 1. The molecule has 0 aliphatic heterocycles. The van der Waals surface area contributed by atoms with E-state index in [0.29, 0.717) is 17.3 Å². The van der Waals surface area contributed by atoms with Crippen molar-refractivity contribution in [1.29, 1.82) is 0 Å². The Morgan fingerprint density at radius 2 is 2.00 bits per heavy atom. The van der Waals surface area contributed by atoms with E-state index in [-0.39, 0.29) is 5.82 Å².